The van der Waals surface area contributed by atoms with Crippen molar-refractivity contribution in [1.29, 1.82) is 0 Å². The molecule has 1 aromatic rings. The summed E-state index contributed by atoms with van der Waals surface area (Å²) in [6, 6.07) is 7.31. The molecule has 2 aliphatic rings. The lowest BCUT2D eigenvalue weighted by molar-refractivity contribution is -0.120. The van der Waals surface area contributed by atoms with Gasteiger partial charge in [-0.3, -0.25) is 9.69 Å². The smallest absolute Gasteiger partial charge is 0.414 e. The number of hydrogen-bond donors (Lipinski definition) is 2. The van der Waals surface area contributed by atoms with Crippen LogP contribution < -0.4 is 15.5 Å². The van der Waals surface area contributed by atoms with E-state index in [-0.39, 0.29) is 17.9 Å². The standard InChI is InChI=1S/C15H19N3O3/c19-14(11-3-2-6-16-10-11)17-12-4-1-5-13(9-12)18-7-8-21-15(18)20/h1,4-5,9,11,16H,2-3,6-8,10H2,(H,17,19). The van der Waals surface area contributed by atoms with E-state index in [2.05, 4.69) is 10.6 Å². The Balaban J connectivity index is 1.68. The third-order valence-corrected chi connectivity index (χ3v) is 3.85. The molecule has 2 heterocycles. The van der Waals surface area contributed by atoms with Gasteiger partial charge in [-0.05, 0) is 37.6 Å². The SMILES string of the molecule is O=C(Nc1cccc(N2CCOC2=O)c1)C1CCCNC1. The van der Waals surface area contributed by atoms with Crippen molar-refractivity contribution in [2.24, 2.45) is 5.92 Å². The van der Waals surface area contributed by atoms with Crippen molar-refractivity contribution in [1.82, 2.24) is 5.32 Å². The minimum Gasteiger partial charge on any atom is -0.447 e. The normalized spacial score (nSPS) is 22.0. The molecule has 0 saturated carbocycles. The van der Waals surface area contributed by atoms with E-state index >= 15 is 0 Å². The number of hydrogen-bond acceptors (Lipinski definition) is 4. The molecular formula is C15H19N3O3. The molecule has 0 radical (unpaired) electrons. The van der Waals surface area contributed by atoms with E-state index in [9.17, 15) is 9.59 Å². The fourth-order valence-electron chi connectivity index (χ4n) is 2.70. The summed E-state index contributed by atoms with van der Waals surface area (Å²) in [5.41, 5.74) is 1.46. The highest BCUT2D eigenvalue weighted by molar-refractivity contribution is 5.95. The van der Waals surface area contributed by atoms with E-state index in [4.69, 9.17) is 4.74 Å². The molecule has 1 aromatic carbocycles. The molecule has 1 atom stereocenters. The first-order valence-corrected chi connectivity index (χ1v) is 7.30. The van der Waals surface area contributed by atoms with Crippen molar-refractivity contribution < 1.29 is 14.3 Å². The number of carbonyl (C=O) groups is 2. The van der Waals surface area contributed by atoms with Gasteiger partial charge in [0.05, 0.1) is 12.5 Å². The maximum Gasteiger partial charge on any atom is 0.414 e. The van der Waals surface area contributed by atoms with Gasteiger partial charge in [0, 0.05) is 17.9 Å². The molecule has 6 heteroatoms. The zero-order valence-corrected chi connectivity index (χ0v) is 11.8. The molecule has 6 nitrogen and oxygen atoms in total. The van der Waals surface area contributed by atoms with Gasteiger partial charge < -0.3 is 15.4 Å². The van der Waals surface area contributed by atoms with Crippen molar-refractivity contribution in [3.8, 4) is 0 Å². The second-order valence-electron chi connectivity index (χ2n) is 5.35. The summed E-state index contributed by atoms with van der Waals surface area (Å²) < 4.78 is 4.93. The Morgan fingerprint density at radius 1 is 1.43 bits per heavy atom. The molecule has 0 aromatic heterocycles. The summed E-state index contributed by atoms with van der Waals surface area (Å²) in [6.07, 6.45) is 1.60. The number of piperidine rings is 1. The third-order valence-electron chi connectivity index (χ3n) is 3.85. The van der Waals surface area contributed by atoms with Crippen LogP contribution in [-0.2, 0) is 9.53 Å². The van der Waals surface area contributed by atoms with E-state index < -0.39 is 0 Å². The van der Waals surface area contributed by atoms with Gasteiger partial charge in [0.15, 0.2) is 0 Å². The number of nitrogens with one attached hydrogen (secondary N) is 2. The van der Waals surface area contributed by atoms with E-state index in [1.807, 2.05) is 18.2 Å². The second kappa shape index (κ2) is 6.13. The number of carbonyl (C=O) groups excluding carboxylic acids is 2. The fraction of sp³-hybridized carbons (Fsp3) is 0.467. The number of rotatable bonds is 3. The van der Waals surface area contributed by atoms with E-state index in [1.54, 1.807) is 11.0 Å². The lowest BCUT2D eigenvalue weighted by Gasteiger charge is -2.22. The van der Waals surface area contributed by atoms with Gasteiger partial charge in [-0.2, -0.15) is 0 Å². The van der Waals surface area contributed by atoms with Crippen molar-refractivity contribution in [2.45, 2.75) is 12.8 Å². The van der Waals surface area contributed by atoms with Gasteiger partial charge in [-0.1, -0.05) is 6.07 Å². The average Bonchev–Trinajstić information content (AvgIpc) is 2.94. The first-order valence-electron chi connectivity index (χ1n) is 7.30. The Hall–Kier alpha value is -2.08. The highest BCUT2D eigenvalue weighted by atomic mass is 16.6. The summed E-state index contributed by atoms with van der Waals surface area (Å²) in [7, 11) is 0. The maximum absolute atomic E-state index is 12.2. The highest BCUT2D eigenvalue weighted by Gasteiger charge is 2.24. The summed E-state index contributed by atoms with van der Waals surface area (Å²) in [6.45, 7) is 2.66. The van der Waals surface area contributed by atoms with Gasteiger partial charge in [-0.15, -0.1) is 0 Å². The third kappa shape index (κ3) is 3.16. The van der Waals surface area contributed by atoms with Gasteiger partial charge in [0.2, 0.25) is 5.91 Å². The summed E-state index contributed by atoms with van der Waals surface area (Å²) in [5, 5.41) is 6.17. The van der Waals surface area contributed by atoms with Crippen molar-refractivity contribution in [2.75, 3.05) is 36.5 Å². The Kier molecular flexibility index (Phi) is 4.06. The van der Waals surface area contributed by atoms with E-state index in [0.29, 0.717) is 18.8 Å². The number of benzene rings is 1. The van der Waals surface area contributed by atoms with Gasteiger partial charge in [0.25, 0.3) is 0 Å². The van der Waals surface area contributed by atoms with E-state index in [0.717, 1.165) is 31.6 Å². The lowest BCUT2D eigenvalue weighted by atomic mass is 9.99. The van der Waals surface area contributed by atoms with Crippen LogP contribution in [0.4, 0.5) is 16.2 Å². The summed E-state index contributed by atoms with van der Waals surface area (Å²) in [5.74, 6) is 0.0440. The molecule has 2 saturated heterocycles. The monoisotopic (exact) mass is 289 g/mol. The molecule has 112 valence electrons. The van der Waals surface area contributed by atoms with Crippen LogP contribution in [0, 0.1) is 5.92 Å². The van der Waals surface area contributed by atoms with Gasteiger partial charge >= 0.3 is 6.09 Å². The lowest BCUT2D eigenvalue weighted by Crippen LogP contribution is -2.37. The molecule has 2 aliphatic heterocycles. The van der Waals surface area contributed by atoms with Crippen LogP contribution in [0.15, 0.2) is 24.3 Å². The molecule has 2 amide bonds. The first kappa shape index (κ1) is 13.9. The number of ether oxygens (including phenoxy) is 1. The Bertz CT molecular complexity index is 541. The topological polar surface area (TPSA) is 70.7 Å². The van der Waals surface area contributed by atoms with Crippen LogP contribution in [0.2, 0.25) is 0 Å². The summed E-state index contributed by atoms with van der Waals surface area (Å²) in [4.78, 5) is 25.3. The minimum atomic E-state index is -0.338. The Morgan fingerprint density at radius 3 is 3.05 bits per heavy atom. The van der Waals surface area contributed by atoms with Crippen LogP contribution in [0.25, 0.3) is 0 Å². The fourth-order valence-corrected chi connectivity index (χ4v) is 2.70. The van der Waals surface area contributed by atoms with Crippen LogP contribution in [-0.4, -0.2) is 38.2 Å². The van der Waals surface area contributed by atoms with Gasteiger partial charge in [-0.25, -0.2) is 4.79 Å². The van der Waals surface area contributed by atoms with E-state index in [1.165, 1.54) is 0 Å². The molecule has 2 fully saturated rings. The molecule has 0 aliphatic carbocycles. The largest absolute Gasteiger partial charge is 0.447 e. The predicted octanol–water partition coefficient (Wildman–Crippen LogP) is 1.58. The van der Waals surface area contributed by atoms with Crippen molar-refractivity contribution in [3.63, 3.8) is 0 Å². The molecule has 3 rings (SSSR count). The van der Waals surface area contributed by atoms with Gasteiger partial charge in [0.1, 0.15) is 6.61 Å². The average molecular weight is 289 g/mol. The molecular weight excluding hydrogens is 270 g/mol. The maximum atomic E-state index is 12.2. The quantitative estimate of drug-likeness (QED) is 0.886. The molecule has 2 N–H and O–H groups in total. The van der Waals surface area contributed by atoms with Crippen molar-refractivity contribution >= 4 is 23.4 Å². The summed E-state index contributed by atoms with van der Waals surface area (Å²) >= 11 is 0. The molecule has 0 spiro atoms. The Labute approximate surface area is 123 Å². The van der Waals surface area contributed by atoms with Crippen LogP contribution >= 0.6 is 0 Å². The number of nitrogens with zero attached hydrogens (tertiary/aromatic N) is 1. The predicted molar refractivity (Wildman–Crippen MR) is 79.4 cm³/mol. The van der Waals surface area contributed by atoms with Crippen LogP contribution in [0.5, 0.6) is 0 Å². The number of anilines is 2. The molecule has 1 unspecified atom stereocenters. The minimum absolute atomic E-state index is 0.0131. The van der Waals surface area contributed by atoms with Crippen molar-refractivity contribution in [3.05, 3.63) is 24.3 Å². The number of amides is 2. The van der Waals surface area contributed by atoms with Crippen LogP contribution in [0.1, 0.15) is 12.8 Å². The highest BCUT2D eigenvalue weighted by Crippen LogP contribution is 2.23. The zero-order valence-electron chi connectivity index (χ0n) is 11.8. The first-order chi connectivity index (χ1) is 10.2. The molecule has 21 heavy (non-hydrogen) atoms. The molecule has 0 bridgehead atoms. The Morgan fingerprint density at radius 2 is 2.33 bits per heavy atom. The second-order valence-corrected chi connectivity index (χ2v) is 5.35. The number of cyclic esters (lactones) is 1. The zero-order chi connectivity index (χ0) is 14.7. The van der Waals surface area contributed by atoms with Crippen LogP contribution in [0.3, 0.4) is 0 Å².